The zero-order chi connectivity index (χ0) is 19.8. The van der Waals surface area contributed by atoms with E-state index in [1.165, 1.54) is 0 Å². The first-order valence-corrected chi connectivity index (χ1v) is 9.17. The number of nitrogens with zero attached hydrogens (tertiary/aromatic N) is 1. The number of ether oxygens (including phenoxy) is 1. The van der Waals surface area contributed by atoms with Crippen molar-refractivity contribution in [3.05, 3.63) is 76.9 Å². The summed E-state index contributed by atoms with van der Waals surface area (Å²) in [5.41, 5.74) is 11.6. The highest BCUT2D eigenvalue weighted by molar-refractivity contribution is 5.99. The van der Waals surface area contributed by atoms with Crippen LogP contribution in [-0.2, 0) is 11.2 Å². The zero-order valence-corrected chi connectivity index (χ0v) is 15.7. The molecule has 0 spiro atoms. The van der Waals surface area contributed by atoms with Crippen LogP contribution in [0.4, 0.5) is 0 Å². The van der Waals surface area contributed by atoms with Crippen molar-refractivity contribution in [2.45, 2.75) is 26.4 Å². The van der Waals surface area contributed by atoms with Gasteiger partial charge in [-0.3, -0.25) is 4.79 Å². The Balaban J connectivity index is 1.82. The van der Waals surface area contributed by atoms with Crippen LogP contribution in [-0.4, -0.2) is 23.0 Å². The fourth-order valence-corrected chi connectivity index (χ4v) is 3.52. The predicted molar refractivity (Wildman–Crippen MR) is 107 cm³/mol. The fraction of sp³-hybridized carbons (Fsp3) is 0.174. The zero-order valence-electron chi connectivity index (χ0n) is 15.7. The smallest absolute Gasteiger partial charge is 0.338 e. The molecular formula is C23H20N2O3. The van der Waals surface area contributed by atoms with Gasteiger partial charge in [0.05, 0.1) is 23.1 Å². The molecule has 2 N–H and O–H groups in total. The van der Waals surface area contributed by atoms with E-state index in [1.807, 2.05) is 56.3 Å². The number of primary amides is 1. The highest BCUT2D eigenvalue weighted by Gasteiger charge is 2.27. The maximum absolute atomic E-state index is 12.2. The first kappa shape index (κ1) is 17.9. The molecule has 1 aliphatic carbocycles. The molecule has 0 saturated carbocycles. The van der Waals surface area contributed by atoms with Crippen molar-refractivity contribution in [1.29, 1.82) is 0 Å². The van der Waals surface area contributed by atoms with Crippen molar-refractivity contribution < 1.29 is 14.3 Å². The number of carbonyl (C=O) groups is 2. The van der Waals surface area contributed by atoms with Gasteiger partial charge in [-0.05, 0) is 43.2 Å². The van der Waals surface area contributed by atoms with E-state index in [2.05, 4.69) is 0 Å². The van der Waals surface area contributed by atoms with E-state index in [0.717, 1.165) is 27.9 Å². The van der Waals surface area contributed by atoms with Crippen LogP contribution in [0.1, 0.15) is 45.7 Å². The van der Waals surface area contributed by atoms with Crippen molar-refractivity contribution in [3.63, 3.8) is 0 Å². The molecule has 5 heteroatoms. The van der Waals surface area contributed by atoms with Crippen LogP contribution in [0.3, 0.4) is 0 Å². The van der Waals surface area contributed by atoms with Gasteiger partial charge in [-0.1, -0.05) is 36.4 Å². The van der Waals surface area contributed by atoms with Gasteiger partial charge in [0.2, 0.25) is 5.91 Å². The third-order valence-electron chi connectivity index (χ3n) is 4.77. The van der Waals surface area contributed by atoms with E-state index >= 15 is 0 Å². The molecule has 3 aromatic rings. The standard InChI is InChI=1S/C23H20N2O3/c1-13(2)28-23(27)15-8-9-17-16(10-15)11-18-19(22(24)26)12-20(25-21(17)18)14-6-4-3-5-7-14/h3-10,12-13H,11H2,1-2H3,(H2,24,26). The van der Waals surface area contributed by atoms with Gasteiger partial charge in [-0.2, -0.15) is 0 Å². The lowest BCUT2D eigenvalue weighted by molar-refractivity contribution is 0.0377. The molecular weight excluding hydrogens is 352 g/mol. The van der Waals surface area contributed by atoms with Gasteiger partial charge in [0.25, 0.3) is 0 Å². The van der Waals surface area contributed by atoms with Crippen LogP contribution in [0.2, 0.25) is 0 Å². The summed E-state index contributed by atoms with van der Waals surface area (Å²) < 4.78 is 5.28. The van der Waals surface area contributed by atoms with Crippen molar-refractivity contribution >= 4 is 11.9 Å². The quantitative estimate of drug-likeness (QED) is 0.549. The van der Waals surface area contributed by atoms with Crippen LogP contribution in [0.25, 0.3) is 22.5 Å². The van der Waals surface area contributed by atoms with Crippen LogP contribution >= 0.6 is 0 Å². The lowest BCUT2D eigenvalue weighted by Crippen LogP contribution is -2.14. The van der Waals surface area contributed by atoms with Crippen molar-refractivity contribution in [2.24, 2.45) is 5.73 Å². The molecule has 0 fully saturated rings. The maximum Gasteiger partial charge on any atom is 0.338 e. The summed E-state index contributed by atoms with van der Waals surface area (Å²) in [7, 11) is 0. The minimum atomic E-state index is -0.483. The average Bonchev–Trinajstić information content (AvgIpc) is 3.05. The molecule has 28 heavy (non-hydrogen) atoms. The second-order valence-electron chi connectivity index (χ2n) is 7.12. The number of pyridine rings is 1. The Kier molecular flexibility index (Phi) is 4.43. The number of esters is 1. The van der Waals surface area contributed by atoms with Gasteiger partial charge < -0.3 is 10.5 Å². The summed E-state index contributed by atoms with van der Waals surface area (Å²) >= 11 is 0. The Bertz CT molecular complexity index is 1090. The number of fused-ring (bicyclic) bond motifs is 3. The van der Waals surface area contributed by atoms with Crippen molar-refractivity contribution in [2.75, 3.05) is 0 Å². The number of nitrogens with two attached hydrogens (primary N) is 1. The molecule has 2 aromatic carbocycles. The van der Waals surface area contributed by atoms with E-state index < -0.39 is 5.91 Å². The van der Waals surface area contributed by atoms with Crippen LogP contribution in [0.5, 0.6) is 0 Å². The molecule has 0 unspecified atom stereocenters. The molecule has 1 heterocycles. The topological polar surface area (TPSA) is 82.3 Å². The predicted octanol–water partition coefficient (Wildman–Crippen LogP) is 3.98. The van der Waals surface area contributed by atoms with Gasteiger partial charge >= 0.3 is 5.97 Å². The largest absolute Gasteiger partial charge is 0.459 e. The molecule has 5 nitrogen and oxygen atoms in total. The van der Waals surface area contributed by atoms with Crippen LogP contribution in [0.15, 0.2) is 54.6 Å². The maximum atomic E-state index is 12.2. The summed E-state index contributed by atoms with van der Waals surface area (Å²) in [6, 6.07) is 16.8. The number of benzene rings is 2. The second kappa shape index (κ2) is 6.93. The Hall–Kier alpha value is -3.47. The first-order chi connectivity index (χ1) is 13.4. The van der Waals surface area contributed by atoms with Crippen LogP contribution in [0, 0.1) is 0 Å². The summed E-state index contributed by atoms with van der Waals surface area (Å²) in [5, 5.41) is 0. The lowest BCUT2D eigenvalue weighted by atomic mass is 10.0. The van der Waals surface area contributed by atoms with Gasteiger partial charge in [0.15, 0.2) is 0 Å². The molecule has 0 bridgehead atoms. The Morgan fingerprint density at radius 3 is 2.50 bits per heavy atom. The number of rotatable bonds is 4. The molecule has 4 rings (SSSR count). The summed E-state index contributed by atoms with van der Waals surface area (Å²) in [5.74, 6) is -0.843. The highest BCUT2D eigenvalue weighted by atomic mass is 16.5. The molecule has 1 aliphatic rings. The number of hydrogen-bond donors (Lipinski definition) is 1. The number of amides is 1. The molecule has 1 aromatic heterocycles. The van der Waals surface area contributed by atoms with Crippen molar-refractivity contribution in [1.82, 2.24) is 4.98 Å². The van der Waals surface area contributed by atoms with E-state index in [-0.39, 0.29) is 12.1 Å². The van der Waals surface area contributed by atoms with Crippen LogP contribution < -0.4 is 5.73 Å². The molecule has 140 valence electrons. The molecule has 0 atom stereocenters. The average molecular weight is 372 g/mol. The van der Waals surface area contributed by atoms with E-state index in [1.54, 1.807) is 12.1 Å². The minimum absolute atomic E-state index is 0.186. The van der Waals surface area contributed by atoms with Gasteiger partial charge in [0, 0.05) is 23.1 Å². The number of carbonyl (C=O) groups excluding carboxylic acids is 2. The fourth-order valence-electron chi connectivity index (χ4n) is 3.52. The Morgan fingerprint density at radius 1 is 1.07 bits per heavy atom. The normalized spacial score (nSPS) is 11.8. The first-order valence-electron chi connectivity index (χ1n) is 9.17. The van der Waals surface area contributed by atoms with Gasteiger partial charge in [-0.15, -0.1) is 0 Å². The van der Waals surface area contributed by atoms with E-state index in [4.69, 9.17) is 15.5 Å². The minimum Gasteiger partial charge on any atom is -0.459 e. The SMILES string of the molecule is CC(C)OC(=O)c1ccc2c(c1)Cc1c(C(N)=O)cc(-c3ccccc3)nc1-2. The lowest BCUT2D eigenvalue weighted by Gasteiger charge is -2.10. The summed E-state index contributed by atoms with van der Waals surface area (Å²) in [6.45, 7) is 3.63. The van der Waals surface area contributed by atoms with E-state index in [0.29, 0.717) is 23.2 Å². The van der Waals surface area contributed by atoms with Gasteiger partial charge in [-0.25, -0.2) is 9.78 Å². The third-order valence-corrected chi connectivity index (χ3v) is 4.77. The second-order valence-corrected chi connectivity index (χ2v) is 7.12. The Morgan fingerprint density at radius 2 is 1.82 bits per heavy atom. The molecule has 0 aliphatic heterocycles. The molecule has 0 saturated heterocycles. The number of hydrogen-bond acceptors (Lipinski definition) is 4. The highest BCUT2D eigenvalue weighted by Crippen LogP contribution is 2.39. The molecule has 1 amide bonds. The monoisotopic (exact) mass is 372 g/mol. The Labute approximate surface area is 163 Å². The van der Waals surface area contributed by atoms with Crippen molar-refractivity contribution in [3.8, 4) is 22.5 Å². The number of aromatic nitrogens is 1. The third kappa shape index (κ3) is 3.16. The summed E-state index contributed by atoms with van der Waals surface area (Å²) in [4.78, 5) is 29.1. The molecule has 0 radical (unpaired) electrons. The van der Waals surface area contributed by atoms with E-state index in [9.17, 15) is 9.59 Å². The van der Waals surface area contributed by atoms with Gasteiger partial charge in [0.1, 0.15) is 0 Å². The summed E-state index contributed by atoms with van der Waals surface area (Å²) in [6.07, 6.45) is 0.322.